The molecule has 8 heteroatoms. The molecule has 1 amide bonds. The summed E-state index contributed by atoms with van der Waals surface area (Å²) in [6, 6.07) is 17.2. The fraction of sp³-hybridized carbons (Fsp3) is 0.143. The summed E-state index contributed by atoms with van der Waals surface area (Å²) in [6.45, 7) is 0.512. The number of carbonyl (C=O) groups excluding carboxylic acids is 1. The van der Waals surface area contributed by atoms with E-state index in [2.05, 4.69) is 26.1 Å². The Bertz CT molecular complexity index is 1290. The zero-order chi connectivity index (χ0) is 20.0. The van der Waals surface area contributed by atoms with Gasteiger partial charge in [0.15, 0.2) is 0 Å². The lowest BCUT2D eigenvalue weighted by Gasteiger charge is -2.17. The fourth-order valence-electron chi connectivity index (χ4n) is 3.62. The third-order valence-corrected chi connectivity index (χ3v) is 5.63. The minimum atomic E-state index is -0.343. The Hall–Kier alpha value is -3.26. The van der Waals surface area contributed by atoms with Crippen LogP contribution < -0.4 is 10.5 Å². The molecule has 0 fully saturated rings. The quantitative estimate of drug-likeness (QED) is 0.481. The number of amides is 1. The molecule has 0 radical (unpaired) electrons. The van der Waals surface area contributed by atoms with Gasteiger partial charge in [-0.05, 0) is 36.2 Å². The molecule has 2 aromatic carbocycles. The molecule has 1 aliphatic heterocycles. The molecule has 7 nitrogen and oxygen atoms in total. The Labute approximate surface area is 174 Å². The molecule has 1 aliphatic rings. The van der Waals surface area contributed by atoms with Crippen molar-refractivity contribution < 1.29 is 4.79 Å². The number of rotatable bonds is 3. The van der Waals surface area contributed by atoms with Crippen LogP contribution in [0, 0.1) is 0 Å². The van der Waals surface area contributed by atoms with Gasteiger partial charge in [-0.15, -0.1) is 0 Å². The van der Waals surface area contributed by atoms with Crippen LogP contribution in [0.3, 0.4) is 0 Å². The highest BCUT2D eigenvalue weighted by Gasteiger charge is 2.25. The van der Waals surface area contributed by atoms with E-state index in [9.17, 15) is 9.59 Å². The second-order valence-corrected chi connectivity index (χ2v) is 7.80. The maximum atomic E-state index is 12.9. The van der Waals surface area contributed by atoms with Crippen molar-refractivity contribution in [1.82, 2.24) is 19.4 Å². The average molecular weight is 450 g/mol. The van der Waals surface area contributed by atoms with Gasteiger partial charge in [-0.2, -0.15) is 10.2 Å². The monoisotopic (exact) mass is 449 g/mol. The number of nitrogens with zero attached hydrogens (tertiary/aromatic N) is 5. The Balaban J connectivity index is 1.45. The normalized spacial score (nSPS) is 13.1. The average Bonchev–Trinajstić information content (AvgIpc) is 3.35. The van der Waals surface area contributed by atoms with Gasteiger partial charge in [0.05, 0.1) is 5.69 Å². The number of para-hydroxylation sites is 1. The van der Waals surface area contributed by atoms with Crippen LogP contribution in [0.25, 0.3) is 16.8 Å². The lowest BCUT2D eigenvalue weighted by Crippen LogP contribution is -2.36. The summed E-state index contributed by atoms with van der Waals surface area (Å²) in [7, 11) is 0. The number of fused-ring (bicyclic) bond motifs is 2. The van der Waals surface area contributed by atoms with Crippen molar-refractivity contribution in [2.24, 2.45) is 0 Å². The zero-order valence-electron chi connectivity index (χ0n) is 15.3. The molecule has 3 heterocycles. The molecule has 144 valence electrons. The molecular formula is C21H16BrN5O2. The fourth-order valence-corrected chi connectivity index (χ4v) is 3.89. The number of aromatic nitrogens is 4. The van der Waals surface area contributed by atoms with Crippen LogP contribution in [0.5, 0.6) is 0 Å². The lowest BCUT2D eigenvalue weighted by molar-refractivity contribution is -0.119. The Kier molecular flexibility index (Phi) is 4.28. The van der Waals surface area contributed by atoms with E-state index < -0.39 is 0 Å². The summed E-state index contributed by atoms with van der Waals surface area (Å²) in [5, 5.41) is 8.58. The van der Waals surface area contributed by atoms with Crippen molar-refractivity contribution in [3.05, 3.63) is 81.3 Å². The SMILES string of the molecule is O=C(Cn1ncn2nc(-c3ccc(Br)cc3)cc2c1=O)N1CCc2ccccc21. The van der Waals surface area contributed by atoms with E-state index in [-0.39, 0.29) is 18.0 Å². The Morgan fingerprint density at radius 3 is 2.72 bits per heavy atom. The lowest BCUT2D eigenvalue weighted by atomic mass is 10.1. The molecule has 0 bridgehead atoms. The topological polar surface area (TPSA) is 72.5 Å². The van der Waals surface area contributed by atoms with E-state index >= 15 is 0 Å². The highest BCUT2D eigenvalue weighted by atomic mass is 79.9. The van der Waals surface area contributed by atoms with Crippen molar-refractivity contribution in [3.8, 4) is 11.3 Å². The van der Waals surface area contributed by atoms with Crippen LogP contribution in [0.15, 0.2) is 70.2 Å². The third kappa shape index (κ3) is 3.15. The Morgan fingerprint density at radius 1 is 1.10 bits per heavy atom. The summed E-state index contributed by atoms with van der Waals surface area (Å²) in [4.78, 5) is 27.4. The number of hydrogen-bond acceptors (Lipinski definition) is 4. The van der Waals surface area contributed by atoms with Gasteiger partial charge in [0, 0.05) is 22.3 Å². The largest absolute Gasteiger partial charge is 0.310 e. The van der Waals surface area contributed by atoms with Gasteiger partial charge in [0.1, 0.15) is 18.4 Å². The van der Waals surface area contributed by atoms with Gasteiger partial charge < -0.3 is 4.90 Å². The van der Waals surface area contributed by atoms with Crippen molar-refractivity contribution in [2.45, 2.75) is 13.0 Å². The first kappa shape index (κ1) is 17.8. The van der Waals surface area contributed by atoms with Crippen LogP contribution in [-0.2, 0) is 17.8 Å². The van der Waals surface area contributed by atoms with Crippen molar-refractivity contribution in [1.29, 1.82) is 0 Å². The third-order valence-electron chi connectivity index (χ3n) is 5.10. The maximum absolute atomic E-state index is 12.9. The van der Waals surface area contributed by atoms with Crippen molar-refractivity contribution in [2.75, 3.05) is 11.4 Å². The van der Waals surface area contributed by atoms with E-state index in [0.717, 1.165) is 27.7 Å². The highest BCUT2D eigenvalue weighted by molar-refractivity contribution is 9.10. The van der Waals surface area contributed by atoms with E-state index in [4.69, 9.17) is 0 Å². The minimum absolute atomic E-state index is 0.109. The molecule has 29 heavy (non-hydrogen) atoms. The van der Waals surface area contributed by atoms with Crippen molar-refractivity contribution in [3.63, 3.8) is 0 Å². The van der Waals surface area contributed by atoms with Gasteiger partial charge in [0.2, 0.25) is 5.91 Å². The van der Waals surface area contributed by atoms with E-state index in [1.807, 2.05) is 48.5 Å². The van der Waals surface area contributed by atoms with Crippen LogP contribution in [0.1, 0.15) is 5.56 Å². The molecule has 0 aliphatic carbocycles. The zero-order valence-corrected chi connectivity index (χ0v) is 16.9. The second-order valence-electron chi connectivity index (χ2n) is 6.88. The highest BCUT2D eigenvalue weighted by Crippen LogP contribution is 2.27. The molecule has 0 N–H and O–H groups in total. The second kappa shape index (κ2) is 6.97. The summed E-state index contributed by atoms with van der Waals surface area (Å²) in [5.74, 6) is -0.151. The van der Waals surface area contributed by atoms with Gasteiger partial charge in [-0.25, -0.2) is 9.20 Å². The summed E-state index contributed by atoms with van der Waals surface area (Å²) >= 11 is 3.41. The smallest absolute Gasteiger partial charge is 0.293 e. The summed E-state index contributed by atoms with van der Waals surface area (Å²) < 4.78 is 3.62. The van der Waals surface area contributed by atoms with Crippen LogP contribution in [0.4, 0.5) is 5.69 Å². The number of benzene rings is 2. The first-order chi connectivity index (χ1) is 14.1. The van der Waals surface area contributed by atoms with E-state index in [1.54, 1.807) is 11.0 Å². The molecule has 0 saturated heterocycles. The molecule has 5 rings (SSSR count). The van der Waals surface area contributed by atoms with E-state index in [0.29, 0.717) is 17.8 Å². The molecule has 2 aromatic heterocycles. The number of carbonyl (C=O) groups is 1. The van der Waals surface area contributed by atoms with Crippen molar-refractivity contribution >= 4 is 33.0 Å². The van der Waals surface area contributed by atoms with Gasteiger partial charge in [-0.3, -0.25) is 9.59 Å². The predicted octanol–water partition coefficient (Wildman–Crippen LogP) is 2.91. The molecule has 0 atom stereocenters. The molecule has 4 aromatic rings. The molecule has 0 spiro atoms. The van der Waals surface area contributed by atoms with Gasteiger partial charge in [0.25, 0.3) is 5.56 Å². The van der Waals surface area contributed by atoms with Crippen LogP contribution >= 0.6 is 15.9 Å². The number of halogens is 1. The minimum Gasteiger partial charge on any atom is -0.310 e. The number of anilines is 1. The Morgan fingerprint density at radius 2 is 1.90 bits per heavy atom. The van der Waals surface area contributed by atoms with Crippen LogP contribution in [-0.4, -0.2) is 31.8 Å². The predicted molar refractivity (Wildman–Crippen MR) is 113 cm³/mol. The van der Waals surface area contributed by atoms with Gasteiger partial charge in [-0.1, -0.05) is 46.3 Å². The molecule has 0 unspecified atom stereocenters. The standard InChI is InChI=1S/C21H16BrN5O2/c22-16-7-5-14(6-8-16)17-11-19-21(29)26(23-13-27(19)24-17)12-20(28)25-10-9-15-3-1-2-4-18(15)25/h1-8,11,13H,9-10,12H2. The number of hydrogen-bond donors (Lipinski definition) is 0. The summed E-state index contributed by atoms with van der Waals surface area (Å²) in [5.41, 5.74) is 3.67. The summed E-state index contributed by atoms with van der Waals surface area (Å²) in [6.07, 6.45) is 2.28. The molecular weight excluding hydrogens is 434 g/mol. The van der Waals surface area contributed by atoms with E-state index in [1.165, 1.54) is 15.5 Å². The first-order valence-corrected chi connectivity index (χ1v) is 9.99. The maximum Gasteiger partial charge on any atom is 0.293 e. The van der Waals surface area contributed by atoms with Crippen LogP contribution in [0.2, 0.25) is 0 Å². The van der Waals surface area contributed by atoms with Gasteiger partial charge >= 0.3 is 0 Å². The molecule has 0 saturated carbocycles. The first-order valence-electron chi connectivity index (χ1n) is 9.20.